The minimum atomic E-state index is -0.887. The van der Waals surface area contributed by atoms with Gasteiger partial charge in [-0.2, -0.15) is 0 Å². The van der Waals surface area contributed by atoms with Crippen LogP contribution in [0.1, 0.15) is 16.7 Å². The quantitative estimate of drug-likeness (QED) is 0.866. The van der Waals surface area contributed by atoms with Crippen LogP contribution in [0.25, 0.3) is 0 Å². The lowest BCUT2D eigenvalue weighted by atomic mass is 9.76. The molecule has 0 bridgehead atoms. The van der Waals surface area contributed by atoms with Crippen molar-refractivity contribution in [2.24, 2.45) is 0 Å². The summed E-state index contributed by atoms with van der Waals surface area (Å²) in [5, 5.41) is 19.6. The SMILES string of the molecule is Cc1ccc(C(CO)(CO)Cc2ccc(Br)cc2F)cc1. The molecule has 0 saturated carbocycles. The molecule has 2 rings (SSSR count). The first-order chi connectivity index (χ1) is 10.0. The number of halogens is 2. The Morgan fingerprint density at radius 2 is 1.67 bits per heavy atom. The average Bonchev–Trinajstić information content (AvgIpc) is 2.48. The van der Waals surface area contributed by atoms with E-state index in [0.717, 1.165) is 11.1 Å². The van der Waals surface area contributed by atoms with Crippen molar-refractivity contribution in [1.29, 1.82) is 0 Å². The summed E-state index contributed by atoms with van der Waals surface area (Å²) in [6.07, 6.45) is 0.238. The van der Waals surface area contributed by atoms with Crippen molar-refractivity contribution in [1.82, 2.24) is 0 Å². The first kappa shape index (κ1) is 16.1. The standard InChI is InChI=1S/C17H18BrFO2/c1-12-2-5-14(6-3-12)17(10-20,11-21)9-13-4-7-15(18)8-16(13)19/h2-8,20-21H,9-11H2,1H3. The monoisotopic (exact) mass is 352 g/mol. The van der Waals surface area contributed by atoms with Crippen molar-refractivity contribution < 1.29 is 14.6 Å². The van der Waals surface area contributed by atoms with Crippen LogP contribution in [-0.2, 0) is 11.8 Å². The number of rotatable bonds is 5. The third kappa shape index (κ3) is 3.51. The number of hydrogen-bond acceptors (Lipinski definition) is 2. The van der Waals surface area contributed by atoms with Gasteiger partial charge >= 0.3 is 0 Å². The molecule has 0 spiro atoms. The van der Waals surface area contributed by atoms with Crippen LogP contribution < -0.4 is 0 Å². The van der Waals surface area contributed by atoms with E-state index in [1.54, 1.807) is 12.1 Å². The van der Waals surface area contributed by atoms with Crippen molar-refractivity contribution in [3.05, 3.63) is 69.4 Å². The van der Waals surface area contributed by atoms with Gasteiger partial charge in [0.25, 0.3) is 0 Å². The average molecular weight is 353 g/mol. The van der Waals surface area contributed by atoms with E-state index >= 15 is 0 Å². The third-order valence-electron chi connectivity index (χ3n) is 3.81. The zero-order chi connectivity index (χ0) is 15.5. The van der Waals surface area contributed by atoms with Gasteiger partial charge in [-0.3, -0.25) is 0 Å². The summed E-state index contributed by atoms with van der Waals surface area (Å²) < 4.78 is 14.7. The zero-order valence-electron chi connectivity index (χ0n) is 11.8. The van der Waals surface area contributed by atoms with Crippen LogP contribution >= 0.6 is 15.9 Å². The van der Waals surface area contributed by atoms with E-state index in [2.05, 4.69) is 15.9 Å². The second kappa shape index (κ2) is 6.69. The molecule has 4 heteroatoms. The first-order valence-electron chi connectivity index (χ1n) is 6.73. The number of aliphatic hydroxyl groups is 2. The second-order valence-electron chi connectivity index (χ2n) is 5.38. The van der Waals surface area contributed by atoms with Crippen molar-refractivity contribution >= 4 is 15.9 Å². The number of aryl methyl sites for hydroxylation is 1. The summed E-state index contributed by atoms with van der Waals surface area (Å²) in [7, 11) is 0. The Balaban J connectivity index is 2.40. The smallest absolute Gasteiger partial charge is 0.127 e. The van der Waals surface area contributed by atoms with Crippen LogP contribution in [0.5, 0.6) is 0 Å². The van der Waals surface area contributed by atoms with Crippen molar-refractivity contribution in [2.75, 3.05) is 13.2 Å². The van der Waals surface area contributed by atoms with Gasteiger partial charge in [0.2, 0.25) is 0 Å². The van der Waals surface area contributed by atoms with Crippen LogP contribution in [0.15, 0.2) is 46.9 Å². The van der Waals surface area contributed by atoms with Gasteiger partial charge in [0.15, 0.2) is 0 Å². The molecule has 2 nitrogen and oxygen atoms in total. The minimum absolute atomic E-state index is 0.238. The molecule has 0 unspecified atom stereocenters. The molecule has 21 heavy (non-hydrogen) atoms. The fourth-order valence-corrected chi connectivity index (χ4v) is 2.72. The van der Waals surface area contributed by atoms with Crippen LogP contribution in [-0.4, -0.2) is 23.4 Å². The normalized spacial score (nSPS) is 11.7. The highest BCUT2D eigenvalue weighted by Crippen LogP contribution is 2.30. The maximum absolute atomic E-state index is 14.0. The highest BCUT2D eigenvalue weighted by molar-refractivity contribution is 9.10. The molecule has 0 amide bonds. The number of aliphatic hydroxyl groups excluding tert-OH is 2. The predicted molar refractivity (Wildman–Crippen MR) is 84.8 cm³/mol. The summed E-state index contributed by atoms with van der Waals surface area (Å²) in [5.41, 5.74) is 1.49. The highest BCUT2D eigenvalue weighted by atomic mass is 79.9. The molecule has 0 aliphatic rings. The summed E-state index contributed by atoms with van der Waals surface area (Å²) in [4.78, 5) is 0. The molecule has 0 aliphatic heterocycles. The van der Waals surface area contributed by atoms with E-state index in [4.69, 9.17) is 0 Å². The number of hydrogen-bond donors (Lipinski definition) is 2. The molecule has 0 aliphatic carbocycles. The minimum Gasteiger partial charge on any atom is -0.395 e. The molecular weight excluding hydrogens is 335 g/mol. The topological polar surface area (TPSA) is 40.5 Å². The van der Waals surface area contributed by atoms with Gasteiger partial charge in [0.05, 0.1) is 13.2 Å². The zero-order valence-corrected chi connectivity index (χ0v) is 13.4. The van der Waals surface area contributed by atoms with E-state index in [1.807, 2.05) is 31.2 Å². The Hall–Kier alpha value is -1.23. The van der Waals surface area contributed by atoms with E-state index in [9.17, 15) is 14.6 Å². The third-order valence-corrected chi connectivity index (χ3v) is 4.31. The summed E-state index contributed by atoms with van der Waals surface area (Å²) in [6.45, 7) is 1.47. The molecule has 2 aromatic rings. The fraction of sp³-hybridized carbons (Fsp3) is 0.294. The Kier molecular flexibility index (Phi) is 5.14. The van der Waals surface area contributed by atoms with Gasteiger partial charge < -0.3 is 10.2 Å². The maximum atomic E-state index is 14.0. The molecule has 112 valence electrons. The molecule has 2 N–H and O–H groups in total. The van der Waals surface area contributed by atoms with E-state index in [0.29, 0.717) is 10.0 Å². The molecule has 0 radical (unpaired) electrons. The van der Waals surface area contributed by atoms with Gasteiger partial charge in [-0.15, -0.1) is 0 Å². The molecule has 0 atom stereocenters. The van der Waals surface area contributed by atoms with Crippen molar-refractivity contribution in [3.8, 4) is 0 Å². The van der Waals surface area contributed by atoms with Crippen LogP contribution in [0.3, 0.4) is 0 Å². The number of benzene rings is 2. The van der Waals surface area contributed by atoms with Crippen LogP contribution in [0.4, 0.5) is 4.39 Å². The summed E-state index contributed by atoms with van der Waals surface area (Å²) in [5.74, 6) is -0.345. The van der Waals surface area contributed by atoms with E-state index < -0.39 is 5.41 Å². The van der Waals surface area contributed by atoms with Crippen molar-refractivity contribution in [3.63, 3.8) is 0 Å². The maximum Gasteiger partial charge on any atom is 0.127 e. The van der Waals surface area contributed by atoms with E-state index in [1.165, 1.54) is 6.07 Å². The molecule has 0 heterocycles. The molecule has 2 aromatic carbocycles. The molecule has 0 saturated heterocycles. The predicted octanol–water partition coefficient (Wildman–Crippen LogP) is 3.36. The van der Waals surface area contributed by atoms with Crippen LogP contribution in [0, 0.1) is 12.7 Å². The Labute approximate surface area is 132 Å². The molecule has 0 fully saturated rings. The fourth-order valence-electron chi connectivity index (χ4n) is 2.38. The Morgan fingerprint density at radius 3 is 2.19 bits per heavy atom. The molecular formula is C17H18BrFO2. The van der Waals surface area contributed by atoms with Crippen molar-refractivity contribution in [2.45, 2.75) is 18.8 Å². The lowest BCUT2D eigenvalue weighted by Crippen LogP contribution is -2.37. The van der Waals surface area contributed by atoms with Gasteiger partial charge in [-0.05, 0) is 36.6 Å². The van der Waals surface area contributed by atoms with Crippen LogP contribution in [0.2, 0.25) is 0 Å². The van der Waals surface area contributed by atoms with Gasteiger partial charge in [-0.1, -0.05) is 51.8 Å². The lowest BCUT2D eigenvalue weighted by Gasteiger charge is -2.31. The van der Waals surface area contributed by atoms with Gasteiger partial charge in [0.1, 0.15) is 5.82 Å². The Morgan fingerprint density at radius 1 is 1.05 bits per heavy atom. The lowest BCUT2D eigenvalue weighted by molar-refractivity contribution is 0.115. The Bertz CT molecular complexity index is 607. The van der Waals surface area contributed by atoms with E-state index in [-0.39, 0.29) is 25.5 Å². The van der Waals surface area contributed by atoms with Gasteiger partial charge in [0, 0.05) is 9.89 Å². The molecule has 0 aromatic heterocycles. The largest absolute Gasteiger partial charge is 0.395 e. The summed E-state index contributed by atoms with van der Waals surface area (Å²) >= 11 is 3.22. The first-order valence-corrected chi connectivity index (χ1v) is 7.53. The second-order valence-corrected chi connectivity index (χ2v) is 6.29. The van der Waals surface area contributed by atoms with Gasteiger partial charge in [-0.25, -0.2) is 4.39 Å². The summed E-state index contributed by atoms with van der Waals surface area (Å²) in [6, 6.07) is 12.4. The highest BCUT2D eigenvalue weighted by Gasteiger charge is 2.32.